The van der Waals surface area contributed by atoms with Crippen LogP contribution in [-0.4, -0.2) is 102 Å². The molecule has 50 heavy (non-hydrogen) atoms. The average molecular weight is 697 g/mol. The first-order valence-corrected chi connectivity index (χ1v) is 18.2. The quantitative estimate of drug-likeness (QED) is 0.393. The summed E-state index contributed by atoms with van der Waals surface area (Å²) < 4.78 is 36.5. The molecule has 5 heterocycles. The molecule has 4 aliphatic rings. The fourth-order valence-electron chi connectivity index (χ4n) is 7.60. The third-order valence-electron chi connectivity index (χ3n) is 10.8. The lowest BCUT2D eigenvalue weighted by atomic mass is 9.82. The van der Waals surface area contributed by atoms with Crippen LogP contribution in [0.2, 0.25) is 0 Å². The van der Waals surface area contributed by atoms with Gasteiger partial charge >= 0.3 is 6.09 Å². The summed E-state index contributed by atoms with van der Waals surface area (Å²) >= 11 is 0. The Morgan fingerprint density at radius 1 is 0.960 bits per heavy atom. The lowest BCUT2D eigenvalue weighted by molar-refractivity contribution is -0.123. The van der Waals surface area contributed by atoms with Gasteiger partial charge in [-0.15, -0.1) is 0 Å². The van der Waals surface area contributed by atoms with E-state index in [2.05, 4.69) is 44.2 Å². The van der Waals surface area contributed by atoms with Gasteiger partial charge in [0.05, 0.1) is 17.8 Å². The molecule has 0 radical (unpaired) electrons. The Bertz CT molecular complexity index is 1520. The maximum absolute atomic E-state index is 15.6. The molecule has 0 saturated carbocycles. The smallest absolute Gasteiger partial charge is 0.410 e. The van der Waals surface area contributed by atoms with E-state index in [1.54, 1.807) is 16.1 Å². The molecule has 13 heteroatoms. The van der Waals surface area contributed by atoms with Crippen LogP contribution in [0.4, 0.5) is 30.9 Å². The highest BCUT2D eigenvalue weighted by Gasteiger charge is 2.42. The summed E-state index contributed by atoms with van der Waals surface area (Å²) in [6.07, 6.45) is 6.44. The molecule has 11 nitrogen and oxygen atoms in total. The van der Waals surface area contributed by atoms with Crippen LogP contribution in [0.1, 0.15) is 78.7 Å². The van der Waals surface area contributed by atoms with Crippen LogP contribution in [0.5, 0.6) is 0 Å². The zero-order chi connectivity index (χ0) is 35.7. The number of likely N-dealkylation sites (tertiary alicyclic amines) is 2. The third-order valence-corrected chi connectivity index (χ3v) is 10.8. The number of aromatic nitrogens is 2. The summed E-state index contributed by atoms with van der Waals surface area (Å²) in [6, 6.07) is 4.55. The summed E-state index contributed by atoms with van der Waals surface area (Å²) in [5, 5.41) is 6.65. The Morgan fingerprint density at radius 3 is 2.34 bits per heavy atom. The number of nitrogens with zero attached hydrogens (tertiary/aromatic N) is 6. The predicted molar refractivity (Wildman–Crippen MR) is 190 cm³/mol. The number of hydrogen-bond donors (Lipinski definition) is 2. The molecule has 0 unspecified atom stereocenters. The van der Waals surface area contributed by atoms with Crippen molar-refractivity contribution in [1.82, 2.24) is 25.1 Å². The molecule has 4 aliphatic heterocycles. The van der Waals surface area contributed by atoms with Gasteiger partial charge in [-0.05, 0) is 89.8 Å². The summed E-state index contributed by atoms with van der Waals surface area (Å²) in [4.78, 5) is 42.2. The molecule has 2 aromatic rings. The van der Waals surface area contributed by atoms with Gasteiger partial charge in [-0.3, -0.25) is 9.69 Å². The van der Waals surface area contributed by atoms with Gasteiger partial charge < -0.3 is 30.1 Å². The van der Waals surface area contributed by atoms with Crippen LogP contribution in [0.15, 0.2) is 24.5 Å². The fraction of sp³-hybridized carbons (Fsp3) is 0.676. The molecule has 274 valence electrons. The number of ether oxygens (including phenoxy) is 1. The fourth-order valence-corrected chi connectivity index (χ4v) is 7.60. The number of rotatable bonds is 7. The van der Waals surface area contributed by atoms with Gasteiger partial charge in [0.15, 0.2) is 0 Å². The van der Waals surface area contributed by atoms with Gasteiger partial charge in [0.1, 0.15) is 35.2 Å². The lowest BCUT2D eigenvalue weighted by Gasteiger charge is -2.48. The number of hydrogen-bond acceptors (Lipinski definition) is 9. The Kier molecular flexibility index (Phi) is 10.4. The van der Waals surface area contributed by atoms with Crippen molar-refractivity contribution in [2.24, 2.45) is 11.3 Å². The number of nitrogens with one attached hydrogen (secondary N) is 2. The van der Waals surface area contributed by atoms with Gasteiger partial charge in [0.2, 0.25) is 5.91 Å². The Hall–Kier alpha value is -3.74. The molecule has 2 N–H and O–H groups in total. The Morgan fingerprint density at radius 2 is 1.66 bits per heavy atom. The van der Waals surface area contributed by atoms with E-state index in [9.17, 15) is 9.59 Å². The molecule has 4 saturated heterocycles. The minimum Gasteiger partial charge on any atom is -0.444 e. The second kappa shape index (κ2) is 14.5. The minimum absolute atomic E-state index is 0.0106. The zero-order valence-electron chi connectivity index (χ0n) is 30.4. The van der Waals surface area contributed by atoms with Crippen molar-refractivity contribution in [3.63, 3.8) is 0 Å². The Balaban J connectivity index is 1.01. The minimum atomic E-state index is -0.545. The van der Waals surface area contributed by atoms with Crippen molar-refractivity contribution in [2.45, 2.75) is 90.8 Å². The normalized spacial score (nSPS) is 21.7. The molecule has 1 aromatic heterocycles. The van der Waals surface area contributed by atoms with Crippen molar-refractivity contribution in [3.8, 4) is 0 Å². The number of anilines is 3. The van der Waals surface area contributed by atoms with Crippen LogP contribution in [0, 0.1) is 23.0 Å². The van der Waals surface area contributed by atoms with Gasteiger partial charge in [-0.25, -0.2) is 23.5 Å². The SMILES string of the molecule is CC1(C)CCN(Cc2cc(F)c(N3CC(=O)NC4(CCN(c5cc(NCC6CCN(C(=O)OC(C)(C)C)CC6)ncn5)CC4)C3)cc2F)CC1. The largest absolute Gasteiger partial charge is 0.444 e. The number of piperazine rings is 1. The van der Waals surface area contributed by atoms with Gasteiger partial charge in [-0.2, -0.15) is 0 Å². The number of piperidine rings is 3. The first-order chi connectivity index (χ1) is 23.7. The van der Waals surface area contributed by atoms with E-state index in [0.29, 0.717) is 63.6 Å². The summed E-state index contributed by atoms with van der Waals surface area (Å²) in [5.41, 5.74) is -0.262. The van der Waals surface area contributed by atoms with Gasteiger partial charge in [0, 0.05) is 63.5 Å². The summed E-state index contributed by atoms with van der Waals surface area (Å²) in [6.45, 7) is 16.0. The molecule has 0 atom stereocenters. The van der Waals surface area contributed by atoms with Crippen molar-refractivity contribution < 1.29 is 23.1 Å². The van der Waals surface area contributed by atoms with E-state index in [4.69, 9.17) is 4.74 Å². The summed E-state index contributed by atoms with van der Waals surface area (Å²) in [7, 11) is 0. The highest BCUT2D eigenvalue weighted by atomic mass is 19.1. The number of benzene rings is 1. The highest BCUT2D eigenvalue weighted by Crippen LogP contribution is 2.34. The molecular formula is C37H54F2N8O3. The second-order valence-corrected chi connectivity index (χ2v) is 16.6. The van der Waals surface area contributed by atoms with Crippen molar-refractivity contribution >= 4 is 29.3 Å². The predicted octanol–water partition coefficient (Wildman–Crippen LogP) is 5.41. The molecule has 1 spiro atoms. The first kappa shape index (κ1) is 36.1. The van der Waals surface area contributed by atoms with E-state index in [1.807, 2.05) is 26.8 Å². The van der Waals surface area contributed by atoms with Gasteiger partial charge in [0.25, 0.3) is 0 Å². The monoisotopic (exact) mass is 696 g/mol. The molecule has 0 bridgehead atoms. The average Bonchev–Trinajstić information content (AvgIpc) is 3.06. The molecule has 0 aliphatic carbocycles. The molecular weight excluding hydrogens is 642 g/mol. The molecule has 4 fully saturated rings. The van der Waals surface area contributed by atoms with Crippen LogP contribution in [-0.2, 0) is 16.1 Å². The maximum Gasteiger partial charge on any atom is 0.410 e. The number of amides is 2. The van der Waals surface area contributed by atoms with Gasteiger partial charge in [-0.1, -0.05) is 13.8 Å². The topological polar surface area (TPSA) is 106 Å². The van der Waals surface area contributed by atoms with E-state index in [-0.39, 0.29) is 29.6 Å². The molecule has 6 rings (SSSR count). The van der Waals surface area contributed by atoms with Crippen LogP contribution >= 0.6 is 0 Å². The number of carbonyl (C=O) groups excluding carboxylic acids is 2. The lowest BCUT2D eigenvalue weighted by Crippen LogP contribution is -2.66. The Labute approximate surface area is 295 Å². The maximum atomic E-state index is 15.6. The van der Waals surface area contributed by atoms with Crippen LogP contribution in [0.25, 0.3) is 0 Å². The standard InChI is InChI=1S/C37H54F2N8O3/c1-35(2,3)50-34(49)46-12-6-26(7-13-46)21-40-31-20-32(42-25-41-31)45-16-10-37(11-17-45)24-47(23-33(48)43-37)30-19-28(38)27(18-29(30)39)22-44-14-8-36(4,5)9-15-44/h18-20,25-26H,6-17,21-24H2,1-5H3,(H,43,48)(H,40,41,42). The van der Waals surface area contributed by atoms with E-state index in [0.717, 1.165) is 57.0 Å². The van der Waals surface area contributed by atoms with E-state index >= 15 is 8.78 Å². The summed E-state index contributed by atoms with van der Waals surface area (Å²) in [5.74, 6) is 0.854. The van der Waals surface area contributed by atoms with E-state index in [1.165, 1.54) is 12.1 Å². The third kappa shape index (κ3) is 8.94. The van der Waals surface area contributed by atoms with Crippen molar-refractivity contribution in [2.75, 3.05) is 74.0 Å². The number of carbonyl (C=O) groups is 2. The van der Waals surface area contributed by atoms with Crippen molar-refractivity contribution in [3.05, 3.63) is 41.7 Å². The zero-order valence-corrected chi connectivity index (χ0v) is 30.4. The van der Waals surface area contributed by atoms with Crippen LogP contribution in [0.3, 0.4) is 0 Å². The first-order valence-electron chi connectivity index (χ1n) is 18.2. The van der Waals surface area contributed by atoms with Crippen LogP contribution < -0.4 is 20.4 Å². The molecule has 1 aromatic carbocycles. The highest BCUT2D eigenvalue weighted by molar-refractivity contribution is 5.84. The second-order valence-electron chi connectivity index (χ2n) is 16.6. The van der Waals surface area contributed by atoms with E-state index < -0.39 is 22.8 Å². The number of halogens is 2. The van der Waals surface area contributed by atoms with Crippen molar-refractivity contribution in [1.29, 1.82) is 0 Å². The molecule has 2 amide bonds.